The van der Waals surface area contributed by atoms with Gasteiger partial charge in [-0.3, -0.25) is 0 Å². The number of hydrogen-bond donors (Lipinski definition) is 1. The quantitative estimate of drug-likeness (QED) is 0.807. The number of ether oxygens (including phenoxy) is 1. The lowest BCUT2D eigenvalue weighted by Crippen LogP contribution is -2.33. The van der Waals surface area contributed by atoms with Crippen molar-refractivity contribution in [3.05, 3.63) is 23.9 Å². The van der Waals surface area contributed by atoms with Gasteiger partial charge in [-0.25, -0.2) is 4.98 Å². The Bertz CT molecular complexity index is 293. The fourth-order valence-electron chi connectivity index (χ4n) is 1.32. The largest absolute Gasteiger partial charge is 0.374 e. The summed E-state index contributed by atoms with van der Waals surface area (Å²) in [4.78, 5) is 4.27. The summed E-state index contributed by atoms with van der Waals surface area (Å²) in [6.07, 6.45) is 1.86. The van der Waals surface area contributed by atoms with Crippen LogP contribution in [0.15, 0.2) is 18.3 Å². The number of aryl methyl sites for hydroxylation is 1. The van der Waals surface area contributed by atoms with Crippen molar-refractivity contribution in [1.82, 2.24) is 4.98 Å². The van der Waals surface area contributed by atoms with E-state index in [9.17, 15) is 0 Å². The van der Waals surface area contributed by atoms with E-state index in [1.54, 1.807) is 0 Å². The summed E-state index contributed by atoms with van der Waals surface area (Å²) in [5.41, 5.74) is 1.02. The molecule has 0 unspecified atom stereocenters. The first-order valence-electron chi connectivity index (χ1n) is 5.34. The van der Waals surface area contributed by atoms with Crippen LogP contribution in [0.5, 0.6) is 0 Å². The fourth-order valence-corrected chi connectivity index (χ4v) is 1.32. The zero-order valence-corrected chi connectivity index (χ0v) is 10.0. The van der Waals surface area contributed by atoms with Gasteiger partial charge in [-0.2, -0.15) is 0 Å². The van der Waals surface area contributed by atoms with Gasteiger partial charge in [0.25, 0.3) is 0 Å². The highest BCUT2D eigenvalue weighted by molar-refractivity contribution is 5.35. The molecule has 0 amide bonds. The van der Waals surface area contributed by atoms with Gasteiger partial charge in [0.2, 0.25) is 0 Å². The van der Waals surface area contributed by atoms with E-state index >= 15 is 0 Å². The zero-order valence-electron chi connectivity index (χ0n) is 10.0. The summed E-state index contributed by atoms with van der Waals surface area (Å²) in [5, 5.41) is 3.26. The third kappa shape index (κ3) is 4.30. The molecular weight excluding hydrogens is 188 g/mol. The van der Waals surface area contributed by atoms with Crippen LogP contribution >= 0.6 is 0 Å². The highest BCUT2D eigenvalue weighted by Crippen LogP contribution is 2.11. The maximum atomic E-state index is 5.58. The van der Waals surface area contributed by atoms with Crippen LogP contribution in [0.2, 0.25) is 0 Å². The molecule has 0 saturated heterocycles. The molecule has 0 bridgehead atoms. The van der Waals surface area contributed by atoms with Crippen LogP contribution in [0.1, 0.15) is 26.3 Å². The molecule has 0 radical (unpaired) electrons. The molecule has 84 valence electrons. The minimum Gasteiger partial charge on any atom is -0.374 e. The van der Waals surface area contributed by atoms with Gasteiger partial charge in [0.1, 0.15) is 5.82 Å². The molecule has 0 aliphatic rings. The van der Waals surface area contributed by atoms with E-state index in [0.717, 1.165) is 19.0 Å². The van der Waals surface area contributed by atoms with E-state index in [-0.39, 0.29) is 5.60 Å². The molecular formula is C12H20N2O. The average molecular weight is 208 g/mol. The Kier molecular flexibility index (Phi) is 4.09. The molecule has 0 fully saturated rings. The van der Waals surface area contributed by atoms with Crippen LogP contribution in [-0.4, -0.2) is 23.7 Å². The van der Waals surface area contributed by atoms with Crippen LogP contribution < -0.4 is 5.32 Å². The molecule has 0 aromatic carbocycles. The van der Waals surface area contributed by atoms with Crippen LogP contribution in [0.4, 0.5) is 5.82 Å². The summed E-state index contributed by atoms with van der Waals surface area (Å²) in [7, 11) is 0. The monoisotopic (exact) mass is 208 g/mol. The molecule has 3 heteroatoms. The summed E-state index contributed by atoms with van der Waals surface area (Å²) in [6, 6.07) is 4.03. The molecule has 0 atom stereocenters. The topological polar surface area (TPSA) is 34.1 Å². The minimum absolute atomic E-state index is 0.151. The normalized spacial score (nSPS) is 11.5. The smallest absolute Gasteiger partial charge is 0.125 e. The first-order chi connectivity index (χ1) is 7.03. The van der Waals surface area contributed by atoms with E-state index in [1.807, 2.05) is 32.2 Å². The van der Waals surface area contributed by atoms with Gasteiger partial charge in [0.05, 0.1) is 5.60 Å². The number of rotatable bonds is 5. The van der Waals surface area contributed by atoms with Gasteiger partial charge in [0.15, 0.2) is 0 Å². The molecule has 1 heterocycles. The van der Waals surface area contributed by atoms with Crippen molar-refractivity contribution >= 4 is 5.82 Å². The third-order valence-electron chi connectivity index (χ3n) is 2.14. The van der Waals surface area contributed by atoms with Crippen molar-refractivity contribution < 1.29 is 4.74 Å². The summed E-state index contributed by atoms with van der Waals surface area (Å²) in [6.45, 7) is 9.66. The zero-order chi connectivity index (χ0) is 11.3. The first kappa shape index (κ1) is 12.0. The average Bonchev–Trinajstić information content (AvgIpc) is 2.17. The van der Waals surface area contributed by atoms with E-state index in [0.29, 0.717) is 0 Å². The SMILES string of the molecule is CCOC(C)(C)CNc1ccc(C)cn1. The second-order valence-electron chi connectivity index (χ2n) is 4.27. The molecule has 1 N–H and O–H groups in total. The number of nitrogens with one attached hydrogen (secondary N) is 1. The van der Waals surface area contributed by atoms with E-state index in [2.05, 4.69) is 24.1 Å². The number of hydrogen-bond acceptors (Lipinski definition) is 3. The standard InChI is InChI=1S/C12H20N2O/c1-5-15-12(3,4)9-14-11-7-6-10(2)8-13-11/h6-8H,5,9H2,1-4H3,(H,13,14). The lowest BCUT2D eigenvalue weighted by atomic mass is 10.1. The van der Waals surface area contributed by atoms with Crippen molar-refractivity contribution in [2.75, 3.05) is 18.5 Å². The highest BCUT2D eigenvalue weighted by Gasteiger charge is 2.16. The van der Waals surface area contributed by atoms with Gasteiger partial charge >= 0.3 is 0 Å². The Morgan fingerprint density at radius 3 is 2.67 bits per heavy atom. The Morgan fingerprint density at radius 1 is 1.40 bits per heavy atom. The van der Waals surface area contributed by atoms with Gasteiger partial charge in [0, 0.05) is 19.3 Å². The van der Waals surface area contributed by atoms with Crippen molar-refractivity contribution in [2.24, 2.45) is 0 Å². The van der Waals surface area contributed by atoms with Crippen LogP contribution in [0, 0.1) is 6.92 Å². The molecule has 0 spiro atoms. The Labute approximate surface area is 91.9 Å². The minimum atomic E-state index is -0.151. The van der Waals surface area contributed by atoms with E-state index < -0.39 is 0 Å². The van der Waals surface area contributed by atoms with Crippen LogP contribution in [0.25, 0.3) is 0 Å². The predicted octanol–water partition coefficient (Wildman–Crippen LogP) is 2.62. The van der Waals surface area contributed by atoms with Crippen LogP contribution in [-0.2, 0) is 4.74 Å². The lowest BCUT2D eigenvalue weighted by Gasteiger charge is -2.25. The second-order valence-corrected chi connectivity index (χ2v) is 4.27. The molecule has 1 rings (SSSR count). The molecule has 1 aromatic heterocycles. The first-order valence-corrected chi connectivity index (χ1v) is 5.34. The maximum Gasteiger partial charge on any atom is 0.125 e. The fraction of sp³-hybridized carbons (Fsp3) is 0.583. The van der Waals surface area contributed by atoms with Gasteiger partial charge in [-0.15, -0.1) is 0 Å². The Balaban J connectivity index is 2.46. The van der Waals surface area contributed by atoms with Gasteiger partial charge in [-0.1, -0.05) is 6.07 Å². The van der Waals surface area contributed by atoms with Crippen molar-refractivity contribution in [2.45, 2.75) is 33.3 Å². The second kappa shape index (κ2) is 5.12. The third-order valence-corrected chi connectivity index (χ3v) is 2.14. The maximum absolute atomic E-state index is 5.58. The number of aromatic nitrogens is 1. The predicted molar refractivity (Wildman–Crippen MR) is 63.2 cm³/mol. The summed E-state index contributed by atoms with van der Waals surface area (Å²) < 4.78 is 5.58. The summed E-state index contributed by atoms with van der Waals surface area (Å²) >= 11 is 0. The van der Waals surface area contributed by atoms with Gasteiger partial charge < -0.3 is 10.1 Å². The number of anilines is 1. The molecule has 0 saturated carbocycles. The van der Waals surface area contributed by atoms with Crippen molar-refractivity contribution in [3.63, 3.8) is 0 Å². The molecule has 3 nitrogen and oxygen atoms in total. The van der Waals surface area contributed by atoms with Crippen LogP contribution in [0.3, 0.4) is 0 Å². The molecule has 15 heavy (non-hydrogen) atoms. The lowest BCUT2D eigenvalue weighted by molar-refractivity contribution is 0.000643. The number of nitrogens with zero attached hydrogens (tertiary/aromatic N) is 1. The van der Waals surface area contributed by atoms with Gasteiger partial charge in [-0.05, 0) is 39.3 Å². The molecule has 0 aliphatic heterocycles. The Hall–Kier alpha value is -1.09. The number of pyridine rings is 1. The van der Waals surface area contributed by atoms with Crippen molar-refractivity contribution in [1.29, 1.82) is 0 Å². The van der Waals surface area contributed by atoms with Crippen molar-refractivity contribution in [3.8, 4) is 0 Å². The Morgan fingerprint density at radius 2 is 2.13 bits per heavy atom. The van der Waals surface area contributed by atoms with E-state index in [4.69, 9.17) is 4.74 Å². The highest BCUT2D eigenvalue weighted by atomic mass is 16.5. The molecule has 0 aliphatic carbocycles. The van der Waals surface area contributed by atoms with E-state index in [1.165, 1.54) is 5.56 Å². The summed E-state index contributed by atoms with van der Waals surface area (Å²) in [5.74, 6) is 0.897. The molecule has 1 aromatic rings.